The molecule has 0 unspecified atom stereocenters. The molecule has 39 heavy (non-hydrogen) atoms. The van der Waals surface area contributed by atoms with Gasteiger partial charge in [-0.25, -0.2) is 18.1 Å². The van der Waals surface area contributed by atoms with Crippen LogP contribution in [0.1, 0.15) is 5.56 Å². The molecule has 2 aromatic heterocycles. The molecule has 0 saturated carbocycles. The molecule has 1 aliphatic rings. The lowest BCUT2D eigenvalue weighted by Crippen LogP contribution is -2.40. The Kier molecular flexibility index (Phi) is 8.14. The van der Waals surface area contributed by atoms with E-state index >= 15 is 0 Å². The van der Waals surface area contributed by atoms with Gasteiger partial charge in [-0.1, -0.05) is 6.07 Å². The summed E-state index contributed by atoms with van der Waals surface area (Å²) in [6.45, 7) is 1.46. The first-order valence-electron chi connectivity index (χ1n) is 11.9. The second kappa shape index (κ2) is 11.7. The SMILES string of the molecule is COc1cc(C=Nn2c(-c3cccs3)csc2=Nc2ccc(S(=O)(=O)N3CCOCC3)cc2)cc(OC)c1O. The standard InChI is InChI=1S/C26H26N4O6S3/c1-34-22-14-18(15-23(35-2)25(22)31)16-27-30-21(24-4-3-13-37-24)17-38-26(30)28-19-5-7-20(8-6-19)39(32,33)29-9-11-36-12-10-29/h3-8,13-17,31H,9-12H2,1-2H3. The summed E-state index contributed by atoms with van der Waals surface area (Å²) in [5.74, 6) is 0.442. The molecule has 13 heteroatoms. The van der Waals surface area contributed by atoms with E-state index in [2.05, 4.69) is 0 Å². The Morgan fingerprint density at radius 3 is 2.33 bits per heavy atom. The molecule has 0 amide bonds. The topological polar surface area (TPSA) is 115 Å². The second-order valence-electron chi connectivity index (χ2n) is 8.33. The summed E-state index contributed by atoms with van der Waals surface area (Å²) in [6, 6.07) is 13.8. The number of phenols is 1. The number of methoxy groups -OCH3 is 2. The molecule has 1 saturated heterocycles. The molecule has 0 bridgehead atoms. The summed E-state index contributed by atoms with van der Waals surface area (Å²) >= 11 is 2.99. The normalized spacial score (nSPS) is 15.2. The van der Waals surface area contributed by atoms with Crippen molar-refractivity contribution < 1.29 is 27.7 Å². The number of sulfonamides is 1. The van der Waals surface area contributed by atoms with E-state index in [0.29, 0.717) is 42.4 Å². The first-order chi connectivity index (χ1) is 18.9. The van der Waals surface area contributed by atoms with Crippen LogP contribution < -0.4 is 14.3 Å². The zero-order valence-corrected chi connectivity index (χ0v) is 23.6. The minimum atomic E-state index is -3.59. The molecule has 0 radical (unpaired) electrons. The van der Waals surface area contributed by atoms with Crippen molar-refractivity contribution in [3.63, 3.8) is 0 Å². The van der Waals surface area contributed by atoms with Crippen LogP contribution in [-0.4, -0.2) is 69.2 Å². The van der Waals surface area contributed by atoms with Crippen LogP contribution >= 0.6 is 22.7 Å². The van der Waals surface area contributed by atoms with Gasteiger partial charge in [0.1, 0.15) is 0 Å². The Balaban J connectivity index is 1.51. The van der Waals surface area contributed by atoms with Gasteiger partial charge in [0.2, 0.25) is 20.6 Å². The molecule has 1 aliphatic heterocycles. The van der Waals surface area contributed by atoms with E-state index in [1.807, 2.05) is 22.9 Å². The number of hydrogen-bond acceptors (Lipinski definition) is 10. The predicted molar refractivity (Wildman–Crippen MR) is 151 cm³/mol. The van der Waals surface area contributed by atoms with E-state index in [0.717, 1.165) is 10.6 Å². The van der Waals surface area contributed by atoms with E-state index < -0.39 is 10.0 Å². The van der Waals surface area contributed by atoms with Crippen molar-refractivity contribution in [3.05, 3.63) is 69.7 Å². The number of nitrogens with zero attached hydrogens (tertiary/aromatic N) is 4. The number of aromatic nitrogens is 1. The number of benzene rings is 2. The van der Waals surface area contributed by atoms with Crippen LogP contribution in [0.4, 0.5) is 5.69 Å². The number of rotatable bonds is 8. The highest BCUT2D eigenvalue weighted by molar-refractivity contribution is 7.89. The average molecular weight is 587 g/mol. The van der Waals surface area contributed by atoms with Gasteiger partial charge in [-0.05, 0) is 47.8 Å². The lowest BCUT2D eigenvalue weighted by atomic mass is 10.2. The summed E-state index contributed by atoms with van der Waals surface area (Å²) in [5.41, 5.74) is 2.10. The van der Waals surface area contributed by atoms with Crippen molar-refractivity contribution in [2.24, 2.45) is 10.1 Å². The number of aromatic hydroxyl groups is 1. The van der Waals surface area contributed by atoms with Crippen LogP contribution in [0.3, 0.4) is 0 Å². The van der Waals surface area contributed by atoms with E-state index in [4.69, 9.17) is 24.3 Å². The molecule has 1 fully saturated rings. The molecule has 0 atom stereocenters. The van der Waals surface area contributed by atoms with Crippen molar-refractivity contribution in [1.29, 1.82) is 0 Å². The molecule has 3 heterocycles. The van der Waals surface area contributed by atoms with Crippen LogP contribution in [-0.2, 0) is 14.8 Å². The van der Waals surface area contributed by atoms with Crippen LogP contribution in [0.2, 0.25) is 0 Å². The van der Waals surface area contributed by atoms with E-state index in [1.54, 1.807) is 58.6 Å². The van der Waals surface area contributed by atoms with E-state index in [1.165, 1.54) is 29.9 Å². The summed E-state index contributed by atoms with van der Waals surface area (Å²) in [7, 11) is -0.661. The Bertz CT molecular complexity index is 1610. The summed E-state index contributed by atoms with van der Waals surface area (Å²) in [4.78, 5) is 6.58. The van der Waals surface area contributed by atoms with Gasteiger partial charge >= 0.3 is 0 Å². The molecule has 0 aliphatic carbocycles. The van der Waals surface area contributed by atoms with Gasteiger partial charge in [0.25, 0.3) is 0 Å². The summed E-state index contributed by atoms with van der Waals surface area (Å²) in [5, 5.41) is 18.9. The molecular weight excluding hydrogens is 561 g/mol. The molecule has 0 spiro atoms. The smallest absolute Gasteiger partial charge is 0.243 e. The van der Waals surface area contributed by atoms with Crippen LogP contribution in [0.5, 0.6) is 17.2 Å². The van der Waals surface area contributed by atoms with Crippen LogP contribution in [0.15, 0.2) is 74.3 Å². The molecule has 204 valence electrons. The van der Waals surface area contributed by atoms with Crippen LogP contribution in [0.25, 0.3) is 10.6 Å². The van der Waals surface area contributed by atoms with Gasteiger partial charge in [-0.2, -0.15) is 9.41 Å². The Hall–Kier alpha value is -3.49. The van der Waals surface area contributed by atoms with Gasteiger partial charge in [0.05, 0.1) is 54.8 Å². The minimum Gasteiger partial charge on any atom is -0.502 e. The van der Waals surface area contributed by atoms with E-state index in [9.17, 15) is 13.5 Å². The third-order valence-corrected chi connectivity index (χ3v) is 9.57. The fourth-order valence-corrected chi connectivity index (χ4v) is 6.99. The third-order valence-electron chi connectivity index (χ3n) is 5.95. The lowest BCUT2D eigenvalue weighted by molar-refractivity contribution is 0.0730. The van der Waals surface area contributed by atoms with Crippen molar-refractivity contribution in [1.82, 2.24) is 8.98 Å². The van der Waals surface area contributed by atoms with Gasteiger partial charge in [-0.3, -0.25) is 0 Å². The first-order valence-corrected chi connectivity index (χ1v) is 15.1. The number of thiophene rings is 1. The maximum Gasteiger partial charge on any atom is 0.243 e. The number of hydrogen-bond donors (Lipinski definition) is 1. The fraction of sp³-hybridized carbons (Fsp3) is 0.231. The predicted octanol–water partition coefficient (Wildman–Crippen LogP) is 4.14. The fourth-order valence-electron chi connectivity index (χ4n) is 3.94. The van der Waals surface area contributed by atoms with Crippen molar-refractivity contribution >= 4 is 44.6 Å². The quantitative estimate of drug-likeness (QED) is 0.311. The second-order valence-corrected chi connectivity index (χ2v) is 12.1. The highest BCUT2D eigenvalue weighted by atomic mass is 32.2. The maximum atomic E-state index is 13.0. The van der Waals surface area contributed by atoms with Gasteiger partial charge in [-0.15, -0.1) is 22.7 Å². The third kappa shape index (κ3) is 5.77. The largest absolute Gasteiger partial charge is 0.502 e. The molecule has 4 aromatic rings. The van der Waals surface area contributed by atoms with Crippen LogP contribution in [0, 0.1) is 0 Å². The maximum absolute atomic E-state index is 13.0. The van der Waals surface area contributed by atoms with Gasteiger partial charge in [0, 0.05) is 24.0 Å². The number of ether oxygens (including phenoxy) is 3. The molecule has 5 rings (SSSR count). The van der Waals surface area contributed by atoms with Gasteiger partial charge in [0.15, 0.2) is 11.5 Å². The highest BCUT2D eigenvalue weighted by Gasteiger charge is 2.26. The minimum absolute atomic E-state index is 0.0885. The lowest BCUT2D eigenvalue weighted by Gasteiger charge is -2.26. The number of phenolic OH excluding ortho intramolecular Hbond substituents is 1. The average Bonchev–Trinajstić information content (AvgIpc) is 3.63. The Labute approximate surface area is 233 Å². The highest BCUT2D eigenvalue weighted by Crippen LogP contribution is 2.36. The van der Waals surface area contributed by atoms with E-state index in [-0.39, 0.29) is 22.1 Å². The zero-order chi connectivity index (χ0) is 27.4. The summed E-state index contributed by atoms with van der Waals surface area (Å²) < 4.78 is 44.9. The number of thiazole rings is 1. The Morgan fingerprint density at radius 2 is 1.72 bits per heavy atom. The zero-order valence-electron chi connectivity index (χ0n) is 21.2. The van der Waals surface area contributed by atoms with Crippen molar-refractivity contribution in [2.75, 3.05) is 40.5 Å². The molecule has 1 N–H and O–H groups in total. The van der Waals surface area contributed by atoms with Gasteiger partial charge < -0.3 is 19.3 Å². The van der Waals surface area contributed by atoms with Crippen molar-refractivity contribution in [3.8, 4) is 27.8 Å². The Morgan fingerprint density at radius 1 is 1.03 bits per heavy atom. The molecule has 10 nitrogen and oxygen atoms in total. The molecular formula is C26H26N4O6S3. The van der Waals surface area contributed by atoms with Crippen molar-refractivity contribution in [2.45, 2.75) is 4.90 Å². The monoisotopic (exact) mass is 586 g/mol. The first kappa shape index (κ1) is 27.1. The summed E-state index contributed by atoms with van der Waals surface area (Å²) in [6.07, 6.45) is 1.63. The molecule has 2 aromatic carbocycles. The number of morpholine rings is 1.